The van der Waals surface area contributed by atoms with E-state index in [2.05, 4.69) is 18.8 Å². The lowest BCUT2D eigenvalue weighted by Crippen LogP contribution is -1.93. The number of fused-ring (bicyclic) bond motifs is 1. The number of rotatable bonds is 2. The maximum absolute atomic E-state index is 5.96. The van der Waals surface area contributed by atoms with Crippen LogP contribution in [0.3, 0.4) is 0 Å². The van der Waals surface area contributed by atoms with Crippen LogP contribution in [0.2, 0.25) is 5.02 Å². The van der Waals surface area contributed by atoms with E-state index in [4.69, 9.17) is 16.0 Å². The number of hydrogen-bond acceptors (Lipinski definition) is 2. The molecular weight excluding hydrogens is 210 g/mol. The molecule has 0 aliphatic heterocycles. The van der Waals surface area contributed by atoms with Crippen molar-refractivity contribution in [2.75, 3.05) is 0 Å². The molecule has 0 N–H and O–H groups in total. The van der Waals surface area contributed by atoms with E-state index < -0.39 is 0 Å². The molecule has 1 aromatic carbocycles. The van der Waals surface area contributed by atoms with Crippen molar-refractivity contribution in [3.8, 4) is 0 Å². The third-order valence-electron chi connectivity index (χ3n) is 2.27. The van der Waals surface area contributed by atoms with E-state index in [-0.39, 0.29) is 0 Å². The van der Waals surface area contributed by atoms with Crippen LogP contribution in [0.5, 0.6) is 0 Å². The molecule has 0 bridgehead atoms. The second-order valence-electron chi connectivity index (χ2n) is 4.28. The Kier molecular flexibility index (Phi) is 2.70. The van der Waals surface area contributed by atoms with Crippen LogP contribution in [0.15, 0.2) is 16.5 Å². The van der Waals surface area contributed by atoms with Gasteiger partial charge in [-0.3, -0.25) is 0 Å². The summed E-state index contributed by atoms with van der Waals surface area (Å²) in [6, 6.07) is 3.74. The fraction of sp³-hybridized carbons (Fsp3) is 0.417. The highest BCUT2D eigenvalue weighted by Crippen LogP contribution is 2.24. The normalized spacial score (nSPS) is 11.5. The summed E-state index contributed by atoms with van der Waals surface area (Å²) >= 11 is 5.96. The highest BCUT2D eigenvalue weighted by atomic mass is 35.5. The summed E-state index contributed by atoms with van der Waals surface area (Å²) in [4.78, 5) is 4.42. The molecule has 0 aliphatic rings. The molecule has 1 heterocycles. The summed E-state index contributed by atoms with van der Waals surface area (Å²) in [6.45, 7) is 6.28. The summed E-state index contributed by atoms with van der Waals surface area (Å²) in [7, 11) is 0. The van der Waals surface area contributed by atoms with Gasteiger partial charge in [-0.1, -0.05) is 25.4 Å². The molecule has 2 aromatic rings. The zero-order chi connectivity index (χ0) is 11.0. The average molecular weight is 224 g/mol. The lowest BCUT2D eigenvalue weighted by atomic mass is 10.1. The van der Waals surface area contributed by atoms with Gasteiger partial charge in [-0.15, -0.1) is 0 Å². The number of aromatic nitrogens is 1. The van der Waals surface area contributed by atoms with Gasteiger partial charge in [-0.2, -0.15) is 0 Å². The first kappa shape index (κ1) is 10.5. The van der Waals surface area contributed by atoms with Crippen molar-refractivity contribution in [2.24, 2.45) is 5.92 Å². The number of nitrogens with zero attached hydrogens (tertiary/aromatic N) is 1. The summed E-state index contributed by atoms with van der Waals surface area (Å²) in [5.41, 5.74) is 2.76. The summed E-state index contributed by atoms with van der Waals surface area (Å²) in [6.07, 6.45) is 0.867. The van der Waals surface area contributed by atoms with Gasteiger partial charge in [0.05, 0.1) is 0 Å². The Hall–Kier alpha value is -1.02. The molecule has 0 amide bonds. The van der Waals surface area contributed by atoms with Crippen LogP contribution in [0.1, 0.15) is 25.3 Å². The molecule has 2 rings (SSSR count). The van der Waals surface area contributed by atoms with Crippen molar-refractivity contribution >= 4 is 22.7 Å². The van der Waals surface area contributed by atoms with Gasteiger partial charge in [0.2, 0.25) is 0 Å². The van der Waals surface area contributed by atoms with E-state index in [9.17, 15) is 0 Å². The second kappa shape index (κ2) is 3.86. The third kappa shape index (κ3) is 2.15. The van der Waals surface area contributed by atoms with Crippen LogP contribution in [-0.4, -0.2) is 4.98 Å². The standard InChI is InChI=1S/C12H14ClNO/c1-7(2)4-11-14-10-6-9(13)5-8(3)12(10)15-11/h5-7H,4H2,1-3H3. The number of benzene rings is 1. The van der Waals surface area contributed by atoms with E-state index in [1.807, 2.05) is 19.1 Å². The van der Waals surface area contributed by atoms with Crippen molar-refractivity contribution in [3.05, 3.63) is 28.6 Å². The van der Waals surface area contributed by atoms with Crippen molar-refractivity contribution in [1.29, 1.82) is 0 Å². The zero-order valence-corrected chi connectivity index (χ0v) is 9.93. The Balaban J connectivity index is 2.50. The predicted molar refractivity (Wildman–Crippen MR) is 62.3 cm³/mol. The molecule has 0 unspecified atom stereocenters. The lowest BCUT2D eigenvalue weighted by Gasteiger charge is -1.97. The monoisotopic (exact) mass is 223 g/mol. The van der Waals surface area contributed by atoms with Gasteiger partial charge < -0.3 is 4.42 Å². The first-order valence-electron chi connectivity index (χ1n) is 5.12. The SMILES string of the molecule is Cc1cc(Cl)cc2nc(CC(C)C)oc12. The van der Waals surface area contributed by atoms with Gasteiger partial charge in [0, 0.05) is 11.4 Å². The number of halogens is 1. The van der Waals surface area contributed by atoms with Crippen LogP contribution in [0.25, 0.3) is 11.1 Å². The van der Waals surface area contributed by atoms with Crippen molar-refractivity contribution in [3.63, 3.8) is 0 Å². The van der Waals surface area contributed by atoms with Gasteiger partial charge in [0.1, 0.15) is 5.52 Å². The summed E-state index contributed by atoms with van der Waals surface area (Å²) in [5.74, 6) is 1.35. The average Bonchev–Trinajstić information content (AvgIpc) is 2.45. The van der Waals surface area contributed by atoms with Gasteiger partial charge >= 0.3 is 0 Å². The lowest BCUT2D eigenvalue weighted by molar-refractivity contribution is 0.481. The van der Waals surface area contributed by atoms with Crippen LogP contribution in [0.4, 0.5) is 0 Å². The zero-order valence-electron chi connectivity index (χ0n) is 9.17. The van der Waals surface area contributed by atoms with Crippen molar-refractivity contribution in [2.45, 2.75) is 27.2 Å². The van der Waals surface area contributed by atoms with E-state index in [0.717, 1.165) is 29.0 Å². The Bertz CT molecular complexity index is 488. The molecule has 0 fully saturated rings. The van der Waals surface area contributed by atoms with Crippen LogP contribution in [-0.2, 0) is 6.42 Å². The minimum Gasteiger partial charge on any atom is -0.440 e. The topological polar surface area (TPSA) is 26.0 Å². The first-order chi connectivity index (χ1) is 7.06. The minimum absolute atomic E-state index is 0.550. The van der Waals surface area contributed by atoms with Gasteiger partial charge in [0.25, 0.3) is 0 Å². The molecule has 15 heavy (non-hydrogen) atoms. The highest BCUT2D eigenvalue weighted by molar-refractivity contribution is 6.31. The smallest absolute Gasteiger partial charge is 0.195 e. The number of hydrogen-bond donors (Lipinski definition) is 0. The molecule has 0 radical (unpaired) electrons. The summed E-state index contributed by atoms with van der Waals surface area (Å²) in [5, 5.41) is 0.712. The van der Waals surface area contributed by atoms with E-state index in [0.29, 0.717) is 10.9 Å². The largest absolute Gasteiger partial charge is 0.440 e. The molecule has 0 saturated carbocycles. The fourth-order valence-electron chi connectivity index (χ4n) is 1.64. The molecule has 0 saturated heterocycles. The molecule has 80 valence electrons. The van der Waals surface area contributed by atoms with Crippen LogP contribution >= 0.6 is 11.6 Å². The molecule has 3 heteroatoms. The molecular formula is C12H14ClNO. The van der Waals surface area contributed by atoms with Crippen molar-refractivity contribution < 1.29 is 4.42 Å². The van der Waals surface area contributed by atoms with Gasteiger partial charge in [-0.25, -0.2) is 4.98 Å². The minimum atomic E-state index is 0.550. The van der Waals surface area contributed by atoms with Gasteiger partial charge in [0.15, 0.2) is 11.5 Å². The molecule has 0 aliphatic carbocycles. The highest BCUT2D eigenvalue weighted by Gasteiger charge is 2.10. The maximum atomic E-state index is 5.96. The molecule has 1 aromatic heterocycles. The van der Waals surface area contributed by atoms with E-state index >= 15 is 0 Å². The third-order valence-corrected chi connectivity index (χ3v) is 2.49. The Morgan fingerprint density at radius 2 is 2.13 bits per heavy atom. The summed E-state index contributed by atoms with van der Waals surface area (Å²) < 4.78 is 5.69. The Morgan fingerprint density at radius 1 is 1.40 bits per heavy atom. The Labute approximate surface area is 94.3 Å². The molecule has 0 atom stereocenters. The van der Waals surface area contributed by atoms with Crippen LogP contribution < -0.4 is 0 Å². The molecule has 0 spiro atoms. The number of aryl methyl sites for hydroxylation is 1. The van der Waals surface area contributed by atoms with Gasteiger partial charge in [-0.05, 0) is 30.5 Å². The Morgan fingerprint density at radius 3 is 2.80 bits per heavy atom. The van der Waals surface area contributed by atoms with E-state index in [1.54, 1.807) is 0 Å². The number of oxazole rings is 1. The quantitative estimate of drug-likeness (QED) is 0.770. The molecule has 2 nitrogen and oxygen atoms in total. The first-order valence-corrected chi connectivity index (χ1v) is 5.49. The van der Waals surface area contributed by atoms with E-state index in [1.165, 1.54) is 0 Å². The van der Waals surface area contributed by atoms with Crippen LogP contribution in [0, 0.1) is 12.8 Å². The fourth-order valence-corrected chi connectivity index (χ4v) is 1.91. The van der Waals surface area contributed by atoms with Crippen molar-refractivity contribution in [1.82, 2.24) is 4.98 Å². The predicted octanol–water partition coefficient (Wildman–Crippen LogP) is 3.99. The maximum Gasteiger partial charge on any atom is 0.195 e. The second-order valence-corrected chi connectivity index (χ2v) is 4.71.